The van der Waals surface area contributed by atoms with E-state index in [0.717, 1.165) is 32.0 Å². The number of piperazine rings is 1. The summed E-state index contributed by atoms with van der Waals surface area (Å²) in [5.41, 5.74) is 2.54. The van der Waals surface area contributed by atoms with Crippen LogP contribution in [0.4, 0.5) is 5.82 Å². The summed E-state index contributed by atoms with van der Waals surface area (Å²) in [5.74, 6) is 2.06. The van der Waals surface area contributed by atoms with Crippen LogP contribution in [0, 0.1) is 23.7 Å². The van der Waals surface area contributed by atoms with Gasteiger partial charge < -0.3 is 9.80 Å². The molecule has 0 N–H and O–H groups in total. The lowest BCUT2D eigenvalue weighted by Gasteiger charge is -2.58. The number of aryl methyl sites for hydroxylation is 1. The number of rotatable bonds is 8. The van der Waals surface area contributed by atoms with Crippen molar-refractivity contribution in [3.8, 4) is 0 Å². The van der Waals surface area contributed by atoms with Crippen LogP contribution in [-0.2, 0) is 4.79 Å². The molecule has 6 nitrogen and oxygen atoms in total. The molecule has 252 valence electrons. The normalized spacial score (nSPS) is 20.8. The largest absolute Gasteiger partial charge is 0.347 e. The maximum atomic E-state index is 10.9. The summed E-state index contributed by atoms with van der Waals surface area (Å²) in [4.78, 5) is 18.3. The quantitative estimate of drug-likeness (QED) is 0.278. The first-order chi connectivity index (χ1) is 20.6. The van der Waals surface area contributed by atoms with E-state index in [1.807, 2.05) is 46.4 Å². The predicted octanol–water partition coefficient (Wildman–Crippen LogP) is 9.38. The van der Waals surface area contributed by atoms with Gasteiger partial charge in [-0.05, 0) is 56.8 Å². The molecule has 1 aromatic rings. The summed E-state index contributed by atoms with van der Waals surface area (Å²) in [6, 6.07) is 2.85. The fourth-order valence-corrected chi connectivity index (χ4v) is 7.02. The smallest absolute Gasteiger partial charge is 0.209 e. The Morgan fingerprint density at radius 3 is 2.00 bits per heavy atom. The van der Waals surface area contributed by atoms with E-state index in [0.29, 0.717) is 22.4 Å². The van der Waals surface area contributed by atoms with E-state index >= 15 is 0 Å². The number of aromatic nitrogens is 2. The molecule has 0 bridgehead atoms. The third-order valence-corrected chi connectivity index (χ3v) is 9.96. The van der Waals surface area contributed by atoms with Gasteiger partial charge in [-0.1, -0.05) is 102 Å². The molecule has 1 amide bonds. The van der Waals surface area contributed by atoms with Crippen LogP contribution in [-0.4, -0.2) is 70.8 Å². The minimum absolute atomic E-state index is 0.313. The highest BCUT2D eigenvalue weighted by atomic mass is 16.1. The van der Waals surface area contributed by atoms with Gasteiger partial charge in [-0.3, -0.25) is 14.4 Å². The van der Waals surface area contributed by atoms with Gasteiger partial charge in [-0.2, -0.15) is 5.10 Å². The SMILES string of the molecule is CC.CC.CC.CCC(C)(C)C.CCCC(CC)CN1CCN(c2cc(C)n(C3CC4(C3)CN(C=O)C4)n2)C2(CCC2)C1. The number of carbonyl (C=O) groups is 1. The Balaban J connectivity index is 0.000000672. The van der Waals surface area contributed by atoms with Gasteiger partial charge >= 0.3 is 0 Å². The van der Waals surface area contributed by atoms with Crippen molar-refractivity contribution in [2.24, 2.45) is 16.7 Å². The molecule has 4 fully saturated rings. The zero-order valence-corrected chi connectivity index (χ0v) is 31.1. The molecule has 0 radical (unpaired) electrons. The monoisotopic (exact) mass is 604 g/mol. The average molecular weight is 604 g/mol. The molecular formula is C37H73N5O. The molecule has 2 aliphatic heterocycles. The second kappa shape index (κ2) is 18.4. The van der Waals surface area contributed by atoms with Crippen molar-refractivity contribution in [3.05, 3.63) is 11.8 Å². The summed E-state index contributed by atoms with van der Waals surface area (Å²) < 4.78 is 2.30. The van der Waals surface area contributed by atoms with Crippen molar-refractivity contribution in [2.45, 2.75) is 159 Å². The van der Waals surface area contributed by atoms with Gasteiger partial charge in [0.15, 0.2) is 5.82 Å². The molecule has 6 heteroatoms. The molecule has 1 atom stereocenters. The van der Waals surface area contributed by atoms with Crippen molar-refractivity contribution in [1.29, 1.82) is 0 Å². The second-order valence-electron chi connectivity index (χ2n) is 14.1. The third-order valence-electron chi connectivity index (χ3n) is 9.96. The highest BCUT2D eigenvalue weighted by molar-refractivity contribution is 5.50. The molecule has 2 saturated heterocycles. The highest BCUT2D eigenvalue weighted by Crippen LogP contribution is 2.54. The van der Waals surface area contributed by atoms with Crippen LogP contribution in [0.5, 0.6) is 0 Å². The molecule has 2 saturated carbocycles. The molecule has 5 rings (SSSR count). The van der Waals surface area contributed by atoms with Gasteiger partial charge in [0.25, 0.3) is 0 Å². The maximum Gasteiger partial charge on any atom is 0.209 e. The second-order valence-corrected chi connectivity index (χ2v) is 14.1. The van der Waals surface area contributed by atoms with Crippen molar-refractivity contribution >= 4 is 12.2 Å². The lowest BCUT2D eigenvalue weighted by molar-refractivity contribution is -0.140. The Bertz CT molecular complexity index is 885. The van der Waals surface area contributed by atoms with Crippen molar-refractivity contribution in [2.75, 3.05) is 44.2 Å². The molecule has 4 aliphatic rings. The van der Waals surface area contributed by atoms with E-state index in [1.165, 1.54) is 88.9 Å². The Hall–Kier alpha value is -1.56. The van der Waals surface area contributed by atoms with Gasteiger partial charge in [0.1, 0.15) is 0 Å². The van der Waals surface area contributed by atoms with E-state index in [9.17, 15) is 4.79 Å². The van der Waals surface area contributed by atoms with Gasteiger partial charge in [0.05, 0.1) is 11.6 Å². The van der Waals surface area contributed by atoms with E-state index in [2.05, 4.69) is 69.0 Å². The Kier molecular flexibility index (Phi) is 16.9. The molecular weight excluding hydrogens is 530 g/mol. The number of carbonyl (C=O) groups excluding carboxylic acids is 1. The van der Waals surface area contributed by atoms with E-state index < -0.39 is 0 Å². The molecule has 1 unspecified atom stereocenters. The van der Waals surface area contributed by atoms with Crippen LogP contribution in [0.25, 0.3) is 0 Å². The van der Waals surface area contributed by atoms with Crippen LogP contribution >= 0.6 is 0 Å². The number of hydrogen-bond donors (Lipinski definition) is 0. The third kappa shape index (κ3) is 10.2. The first-order valence-electron chi connectivity index (χ1n) is 18.3. The van der Waals surface area contributed by atoms with Gasteiger partial charge in [-0.25, -0.2) is 0 Å². The summed E-state index contributed by atoms with van der Waals surface area (Å²) >= 11 is 0. The Labute approximate surface area is 268 Å². The zero-order valence-electron chi connectivity index (χ0n) is 31.1. The summed E-state index contributed by atoms with van der Waals surface area (Å²) in [6.45, 7) is 34.5. The predicted molar refractivity (Wildman–Crippen MR) is 188 cm³/mol. The van der Waals surface area contributed by atoms with Crippen molar-refractivity contribution < 1.29 is 4.79 Å². The minimum Gasteiger partial charge on any atom is -0.347 e. The lowest BCUT2D eigenvalue weighted by atomic mass is 9.61. The molecule has 0 aromatic carbocycles. The highest BCUT2D eigenvalue weighted by Gasteiger charge is 2.53. The van der Waals surface area contributed by atoms with Crippen LogP contribution < -0.4 is 4.90 Å². The Morgan fingerprint density at radius 1 is 0.977 bits per heavy atom. The number of anilines is 1. The van der Waals surface area contributed by atoms with Crippen LogP contribution in [0.1, 0.15) is 153 Å². The zero-order chi connectivity index (χ0) is 32.8. The Morgan fingerprint density at radius 2 is 1.56 bits per heavy atom. The minimum atomic E-state index is 0.313. The van der Waals surface area contributed by atoms with Gasteiger partial charge in [-0.15, -0.1) is 0 Å². The molecule has 1 aromatic heterocycles. The van der Waals surface area contributed by atoms with E-state index in [1.54, 1.807) is 0 Å². The van der Waals surface area contributed by atoms with Crippen LogP contribution in [0.3, 0.4) is 0 Å². The summed E-state index contributed by atoms with van der Waals surface area (Å²) in [7, 11) is 0. The number of hydrogen-bond acceptors (Lipinski definition) is 4. The van der Waals surface area contributed by atoms with Gasteiger partial charge in [0, 0.05) is 56.4 Å². The van der Waals surface area contributed by atoms with Crippen LogP contribution in [0.15, 0.2) is 6.07 Å². The molecule has 43 heavy (non-hydrogen) atoms. The lowest BCUT2D eigenvalue weighted by Crippen LogP contribution is -2.66. The maximum absolute atomic E-state index is 10.9. The number of nitrogens with zero attached hydrogens (tertiary/aromatic N) is 5. The number of likely N-dealkylation sites (tertiary alicyclic amines) is 1. The fraction of sp³-hybridized carbons (Fsp3) is 0.892. The van der Waals surface area contributed by atoms with E-state index in [4.69, 9.17) is 5.10 Å². The summed E-state index contributed by atoms with van der Waals surface area (Å²) in [6.07, 6.45) is 12.6. The first kappa shape index (κ1) is 39.5. The standard InChI is InChI=1S/C25H41N5O.C6H14.3C2H6/c1-4-7-21(5-2)15-27-10-11-29(25(18-27)8-6-9-25)23-12-20(3)30(26-23)22-13-24(14-22)16-28(17-24)19-31;1-5-6(2,3)4;3*1-2/h12,19,21-22H,4-11,13-18H2,1-3H3;5H2,1-4H3;3*1-2H3. The molecule has 2 spiro atoms. The summed E-state index contributed by atoms with van der Waals surface area (Å²) in [5, 5.41) is 5.17. The first-order valence-corrected chi connectivity index (χ1v) is 18.3. The fourth-order valence-electron chi connectivity index (χ4n) is 7.02. The van der Waals surface area contributed by atoms with Gasteiger partial charge in [0.2, 0.25) is 6.41 Å². The average Bonchev–Trinajstić information content (AvgIpc) is 3.34. The molecule has 2 aliphatic carbocycles. The van der Waals surface area contributed by atoms with E-state index in [-0.39, 0.29) is 0 Å². The van der Waals surface area contributed by atoms with Crippen LogP contribution in [0.2, 0.25) is 0 Å². The number of amides is 1. The van der Waals surface area contributed by atoms with Crippen molar-refractivity contribution in [1.82, 2.24) is 19.6 Å². The topological polar surface area (TPSA) is 44.6 Å². The molecule has 3 heterocycles. The van der Waals surface area contributed by atoms with Crippen molar-refractivity contribution in [3.63, 3.8) is 0 Å².